The monoisotopic (exact) mass is 390 g/mol. The van der Waals surface area contributed by atoms with Crippen LogP contribution in [-0.2, 0) is 9.59 Å². The van der Waals surface area contributed by atoms with Crippen molar-refractivity contribution in [1.29, 1.82) is 0 Å². The van der Waals surface area contributed by atoms with Crippen molar-refractivity contribution in [2.75, 3.05) is 13.2 Å². The predicted octanol–water partition coefficient (Wildman–Crippen LogP) is 3.43. The van der Waals surface area contributed by atoms with Gasteiger partial charge in [0.05, 0.1) is 0 Å². The number of aliphatic hydroxyl groups excluding tert-OH is 2. The summed E-state index contributed by atoms with van der Waals surface area (Å²) in [6, 6.07) is 6.03. The first-order valence-corrected chi connectivity index (χ1v) is 9.52. The summed E-state index contributed by atoms with van der Waals surface area (Å²) in [7, 11) is 0. The lowest BCUT2D eigenvalue weighted by Gasteiger charge is -2.27. The molecule has 0 heterocycles. The number of ether oxygens (including phenoxy) is 2. The van der Waals surface area contributed by atoms with E-state index in [1.165, 1.54) is 49.9 Å². The summed E-state index contributed by atoms with van der Waals surface area (Å²) >= 11 is 0. The van der Waals surface area contributed by atoms with E-state index in [1.54, 1.807) is 0 Å². The summed E-state index contributed by atoms with van der Waals surface area (Å²) in [6.07, 6.45) is 9.10. The molecule has 0 saturated heterocycles. The number of carbonyl (C=O) groups excluding carboxylic acids is 2. The lowest BCUT2D eigenvalue weighted by molar-refractivity contribution is -0.130. The third-order valence-electron chi connectivity index (χ3n) is 4.63. The Kier molecular flexibility index (Phi) is 11.5. The zero-order chi connectivity index (χ0) is 20.8. The molecule has 0 unspecified atom stereocenters. The Morgan fingerprint density at radius 1 is 0.821 bits per heavy atom. The molecular weight excluding hydrogens is 360 g/mol. The minimum absolute atomic E-state index is 0.343. The van der Waals surface area contributed by atoms with Crippen molar-refractivity contribution in [3.05, 3.63) is 49.6 Å². The minimum atomic E-state index is -0.546. The molecule has 2 N–H and O–H groups in total. The molecule has 2 rings (SSSR count). The van der Waals surface area contributed by atoms with Crippen LogP contribution in [0.5, 0.6) is 11.5 Å². The molecule has 0 amide bonds. The summed E-state index contributed by atoms with van der Waals surface area (Å²) in [5.41, 5.74) is 0. The molecular formula is C22H30O6. The van der Waals surface area contributed by atoms with Gasteiger partial charge in [0, 0.05) is 25.4 Å². The van der Waals surface area contributed by atoms with E-state index in [4.69, 9.17) is 19.7 Å². The number of aliphatic hydroxyl groups is 2. The van der Waals surface area contributed by atoms with Gasteiger partial charge in [-0.3, -0.25) is 0 Å². The quantitative estimate of drug-likeness (QED) is 0.401. The Labute approximate surface area is 166 Å². The number of benzene rings is 1. The molecule has 6 nitrogen and oxygen atoms in total. The van der Waals surface area contributed by atoms with E-state index in [2.05, 4.69) is 13.2 Å². The van der Waals surface area contributed by atoms with Crippen molar-refractivity contribution in [1.82, 2.24) is 0 Å². The highest BCUT2D eigenvalue weighted by Crippen LogP contribution is 2.32. The number of rotatable bonds is 8. The maximum Gasteiger partial charge on any atom is 0.335 e. The second-order valence-corrected chi connectivity index (χ2v) is 6.63. The fourth-order valence-corrected chi connectivity index (χ4v) is 3.07. The van der Waals surface area contributed by atoms with Crippen LogP contribution in [0.15, 0.2) is 49.6 Å². The molecule has 1 fully saturated rings. The Bertz CT molecular complexity index is 559. The molecule has 6 heteroatoms. The largest absolute Gasteiger partial charge is 0.423 e. The van der Waals surface area contributed by atoms with Gasteiger partial charge < -0.3 is 19.7 Å². The predicted molar refractivity (Wildman–Crippen MR) is 107 cm³/mol. The lowest BCUT2D eigenvalue weighted by atomic mass is 9.79. The van der Waals surface area contributed by atoms with Crippen molar-refractivity contribution in [2.45, 2.75) is 38.5 Å². The van der Waals surface area contributed by atoms with E-state index in [1.807, 2.05) is 0 Å². The van der Waals surface area contributed by atoms with Gasteiger partial charge in [0.1, 0.15) is 11.5 Å². The minimum Gasteiger partial charge on any atom is -0.423 e. The normalized spacial score (nSPS) is 18.2. The first-order valence-electron chi connectivity index (χ1n) is 9.52. The van der Waals surface area contributed by atoms with Crippen molar-refractivity contribution in [2.24, 2.45) is 11.8 Å². The van der Waals surface area contributed by atoms with Crippen LogP contribution in [0.25, 0.3) is 0 Å². The molecule has 0 radical (unpaired) electrons. The smallest absolute Gasteiger partial charge is 0.335 e. The third-order valence-corrected chi connectivity index (χ3v) is 4.63. The first kappa shape index (κ1) is 23.6. The molecule has 0 aliphatic heterocycles. The highest BCUT2D eigenvalue weighted by atomic mass is 16.5. The molecule has 0 atom stereocenters. The topological polar surface area (TPSA) is 93.1 Å². The first-order chi connectivity index (χ1) is 13.5. The molecule has 1 aromatic rings. The van der Waals surface area contributed by atoms with Crippen LogP contribution < -0.4 is 9.47 Å². The zero-order valence-electron chi connectivity index (χ0n) is 16.2. The van der Waals surface area contributed by atoms with Crippen molar-refractivity contribution in [3.63, 3.8) is 0 Å². The second-order valence-electron chi connectivity index (χ2n) is 6.63. The molecule has 1 aliphatic carbocycles. The van der Waals surface area contributed by atoms with Crippen molar-refractivity contribution < 1.29 is 29.3 Å². The summed E-state index contributed by atoms with van der Waals surface area (Å²) in [5, 5.41) is 17.5. The lowest BCUT2D eigenvalue weighted by Crippen LogP contribution is -2.16. The fraction of sp³-hybridized carbons (Fsp3) is 0.455. The van der Waals surface area contributed by atoms with Gasteiger partial charge in [-0.05, 0) is 48.9 Å². The zero-order valence-corrected chi connectivity index (χ0v) is 16.2. The summed E-state index contributed by atoms with van der Waals surface area (Å²) in [6.45, 7) is 7.22. The molecule has 0 bridgehead atoms. The number of hydrogen-bond acceptors (Lipinski definition) is 6. The summed E-state index contributed by atoms with van der Waals surface area (Å²) < 4.78 is 9.66. The van der Waals surface area contributed by atoms with E-state index in [-0.39, 0.29) is 0 Å². The van der Waals surface area contributed by atoms with Gasteiger partial charge in [-0.2, -0.15) is 0 Å². The van der Waals surface area contributed by atoms with Gasteiger partial charge in [0.15, 0.2) is 0 Å². The van der Waals surface area contributed by atoms with E-state index < -0.39 is 11.9 Å². The second kappa shape index (κ2) is 13.7. The maximum absolute atomic E-state index is 10.9. The van der Waals surface area contributed by atoms with E-state index in [0.717, 1.165) is 36.8 Å². The molecule has 28 heavy (non-hydrogen) atoms. The highest BCUT2D eigenvalue weighted by Gasteiger charge is 2.19. The Balaban J connectivity index is 0.000000292. The molecule has 1 aliphatic rings. The Morgan fingerprint density at radius 3 is 1.39 bits per heavy atom. The van der Waals surface area contributed by atoms with Crippen LogP contribution in [-0.4, -0.2) is 35.4 Å². The molecule has 154 valence electrons. The van der Waals surface area contributed by atoms with Gasteiger partial charge >= 0.3 is 11.9 Å². The van der Waals surface area contributed by atoms with Crippen LogP contribution in [0, 0.1) is 11.8 Å². The number of esters is 2. The average Bonchev–Trinajstić information content (AvgIpc) is 2.71. The van der Waals surface area contributed by atoms with Crippen LogP contribution in [0.2, 0.25) is 0 Å². The van der Waals surface area contributed by atoms with Gasteiger partial charge in [-0.25, -0.2) is 9.59 Å². The maximum atomic E-state index is 10.9. The Hall–Kier alpha value is -2.44. The highest BCUT2D eigenvalue weighted by molar-refractivity contribution is 5.84. The number of hydrogen-bond donors (Lipinski definition) is 2. The van der Waals surface area contributed by atoms with Gasteiger partial charge in [-0.15, -0.1) is 0 Å². The standard InChI is InChI=1S/C12H10O4.C10H20O2/c1-3-11(13)15-9-5-7-10(8-6-9)16-12(14)4-2;11-7-5-9-1-2-10(4-3-9)6-8-12/h3-8H,1-2H2;9-12H,1-8H2. The van der Waals surface area contributed by atoms with Gasteiger partial charge in [-0.1, -0.05) is 38.8 Å². The van der Waals surface area contributed by atoms with Crippen LogP contribution in [0.1, 0.15) is 38.5 Å². The summed E-state index contributed by atoms with van der Waals surface area (Å²) in [5.74, 6) is 1.12. The van der Waals surface area contributed by atoms with E-state index in [9.17, 15) is 9.59 Å². The van der Waals surface area contributed by atoms with Crippen LogP contribution >= 0.6 is 0 Å². The van der Waals surface area contributed by atoms with E-state index in [0.29, 0.717) is 24.7 Å². The average molecular weight is 390 g/mol. The number of carbonyl (C=O) groups is 2. The summed E-state index contributed by atoms with van der Waals surface area (Å²) in [4.78, 5) is 21.7. The van der Waals surface area contributed by atoms with Crippen LogP contribution in [0.4, 0.5) is 0 Å². The molecule has 0 spiro atoms. The SMILES string of the molecule is C=CC(=O)Oc1ccc(OC(=O)C=C)cc1.OCCC1CCC(CCO)CC1. The Morgan fingerprint density at radius 2 is 1.14 bits per heavy atom. The molecule has 1 aromatic carbocycles. The van der Waals surface area contributed by atoms with Crippen LogP contribution in [0.3, 0.4) is 0 Å². The third kappa shape index (κ3) is 9.48. The van der Waals surface area contributed by atoms with E-state index >= 15 is 0 Å². The molecule has 0 aromatic heterocycles. The molecule has 1 saturated carbocycles. The van der Waals surface area contributed by atoms with Crippen molar-refractivity contribution >= 4 is 11.9 Å². The van der Waals surface area contributed by atoms with Gasteiger partial charge in [0.25, 0.3) is 0 Å². The fourth-order valence-electron chi connectivity index (χ4n) is 3.07. The van der Waals surface area contributed by atoms with Gasteiger partial charge in [0.2, 0.25) is 0 Å². The van der Waals surface area contributed by atoms with Crippen molar-refractivity contribution in [3.8, 4) is 11.5 Å².